The monoisotopic (exact) mass is 478 g/mol. The van der Waals surface area contributed by atoms with E-state index in [1.54, 1.807) is 43.5 Å². The molecular weight excluding hydrogens is 440 g/mol. The van der Waals surface area contributed by atoms with Crippen molar-refractivity contribution in [2.24, 2.45) is 5.92 Å². The number of carbonyl (C=O) groups is 2. The summed E-state index contributed by atoms with van der Waals surface area (Å²) in [6.45, 7) is 7.09. The molecular formula is C28H38N4O3. The van der Waals surface area contributed by atoms with E-state index in [1.807, 2.05) is 19.1 Å². The van der Waals surface area contributed by atoms with Crippen molar-refractivity contribution >= 4 is 23.2 Å². The zero-order valence-electron chi connectivity index (χ0n) is 21.0. The summed E-state index contributed by atoms with van der Waals surface area (Å²) in [5.41, 5.74) is 1.81. The highest BCUT2D eigenvalue weighted by atomic mass is 16.5. The van der Waals surface area contributed by atoms with Gasteiger partial charge in [0, 0.05) is 44.0 Å². The highest BCUT2D eigenvalue weighted by molar-refractivity contribution is 6.05. The first-order valence-electron chi connectivity index (χ1n) is 12.8. The molecule has 1 saturated carbocycles. The van der Waals surface area contributed by atoms with Crippen LogP contribution in [-0.2, 0) is 4.79 Å². The number of nitrogens with zero attached hydrogens (tertiary/aromatic N) is 2. The van der Waals surface area contributed by atoms with Crippen molar-refractivity contribution in [2.75, 3.05) is 50.5 Å². The maximum Gasteiger partial charge on any atom is 0.255 e. The number of hydrogen-bond acceptors (Lipinski definition) is 5. The van der Waals surface area contributed by atoms with Gasteiger partial charge in [-0.3, -0.25) is 14.5 Å². The van der Waals surface area contributed by atoms with Gasteiger partial charge >= 0.3 is 0 Å². The summed E-state index contributed by atoms with van der Waals surface area (Å²) in [5, 5.41) is 5.87. The van der Waals surface area contributed by atoms with Gasteiger partial charge in [0.25, 0.3) is 5.91 Å². The molecule has 188 valence electrons. The highest BCUT2D eigenvalue weighted by Gasteiger charge is 2.27. The standard InChI is InChI=1S/C28H38N4O3/c1-21(32-18-16-31(17-19-32)20-22-8-4-3-5-9-22)27(33)29-24-14-12-23(13-15-24)28(34)30-25-10-6-7-11-26(25)35-2/h6-7,10-15,21-22H,3-5,8-9,16-20H2,1-2H3,(H,29,33)(H,30,34). The van der Waals surface area contributed by atoms with Crippen molar-refractivity contribution in [3.8, 4) is 5.75 Å². The van der Waals surface area contributed by atoms with E-state index in [4.69, 9.17) is 4.74 Å². The molecule has 2 fully saturated rings. The average molecular weight is 479 g/mol. The number of nitrogens with one attached hydrogen (secondary N) is 2. The molecule has 0 aromatic heterocycles. The fourth-order valence-electron chi connectivity index (χ4n) is 5.13. The summed E-state index contributed by atoms with van der Waals surface area (Å²) >= 11 is 0. The summed E-state index contributed by atoms with van der Waals surface area (Å²) in [5.74, 6) is 1.22. The van der Waals surface area contributed by atoms with Crippen molar-refractivity contribution in [1.29, 1.82) is 0 Å². The van der Waals surface area contributed by atoms with Gasteiger partial charge in [0.1, 0.15) is 5.75 Å². The Morgan fingerprint density at radius 3 is 2.31 bits per heavy atom. The van der Waals surface area contributed by atoms with Crippen LogP contribution in [0.2, 0.25) is 0 Å². The van der Waals surface area contributed by atoms with Crippen LogP contribution in [0.3, 0.4) is 0 Å². The number of amides is 2. The van der Waals surface area contributed by atoms with Gasteiger partial charge < -0.3 is 20.3 Å². The number of anilines is 2. The first-order valence-corrected chi connectivity index (χ1v) is 12.8. The molecule has 2 aromatic rings. The van der Waals surface area contributed by atoms with Gasteiger partial charge in [-0.15, -0.1) is 0 Å². The summed E-state index contributed by atoms with van der Waals surface area (Å²) in [7, 11) is 1.57. The van der Waals surface area contributed by atoms with Gasteiger partial charge in [-0.25, -0.2) is 0 Å². The van der Waals surface area contributed by atoms with Gasteiger partial charge in [0.05, 0.1) is 18.8 Å². The van der Waals surface area contributed by atoms with Gasteiger partial charge in [0.15, 0.2) is 0 Å². The number of para-hydroxylation sites is 2. The lowest BCUT2D eigenvalue weighted by molar-refractivity contribution is -0.121. The van der Waals surface area contributed by atoms with Crippen LogP contribution in [0.15, 0.2) is 48.5 Å². The van der Waals surface area contributed by atoms with Crippen molar-refractivity contribution in [1.82, 2.24) is 9.80 Å². The number of rotatable bonds is 8. The molecule has 1 heterocycles. The summed E-state index contributed by atoms with van der Waals surface area (Å²) in [4.78, 5) is 30.3. The minimum atomic E-state index is -0.230. The SMILES string of the molecule is COc1ccccc1NC(=O)c1ccc(NC(=O)C(C)N2CCN(CC3CCCCC3)CC2)cc1. The molecule has 1 atom stereocenters. The Morgan fingerprint density at radius 2 is 1.63 bits per heavy atom. The van der Waals surface area contributed by atoms with Crippen LogP contribution in [-0.4, -0.2) is 67.5 Å². The molecule has 35 heavy (non-hydrogen) atoms. The third kappa shape index (κ3) is 6.83. The maximum atomic E-state index is 12.9. The number of ether oxygens (including phenoxy) is 1. The molecule has 2 aromatic carbocycles. The van der Waals surface area contributed by atoms with E-state index in [0.717, 1.165) is 32.1 Å². The normalized spacial score (nSPS) is 18.6. The summed E-state index contributed by atoms with van der Waals surface area (Å²) < 4.78 is 5.29. The Labute approximate surface area is 208 Å². The molecule has 0 radical (unpaired) electrons. The molecule has 2 amide bonds. The molecule has 1 aliphatic heterocycles. The van der Waals surface area contributed by atoms with E-state index in [0.29, 0.717) is 22.7 Å². The van der Waals surface area contributed by atoms with Crippen LogP contribution in [0.5, 0.6) is 5.75 Å². The largest absolute Gasteiger partial charge is 0.495 e. The predicted molar refractivity (Wildman–Crippen MR) is 140 cm³/mol. The van der Waals surface area contributed by atoms with E-state index < -0.39 is 0 Å². The third-order valence-electron chi connectivity index (χ3n) is 7.34. The molecule has 1 saturated heterocycles. The Hall–Kier alpha value is -2.90. The fourth-order valence-corrected chi connectivity index (χ4v) is 5.13. The van der Waals surface area contributed by atoms with Crippen LogP contribution < -0.4 is 15.4 Å². The second kappa shape index (κ2) is 12.2. The first kappa shape index (κ1) is 25.2. The molecule has 0 bridgehead atoms. The number of hydrogen-bond donors (Lipinski definition) is 2. The topological polar surface area (TPSA) is 73.9 Å². The first-order chi connectivity index (χ1) is 17.0. The molecule has 2 N–H and O–H groups in total. The lowest BCUT2D eigenvalue weighted by Gasteiger charge is -2.39. The van der Waals surface area contributed by atoms with E-state index in [2.05, 4.69) is 20.4 Å². The van der Waals surface area contributed by atoms with E-state index >= 15 is 0 Å². The second-order valence-corrected chi connectivity index (χ2v) is 9.74. The van der Waals surface area contributed by atoms with Gasteiger partial charge in [0.2, 0.25) is 5.91 Å². The second-order valence-electron chi connectivity index (χ2n) is 9.74. The van der Waals surface area contributed by atoms with Crippen molar-refractivity contribution in [3.63, 3.8) is 0 Å². The minimum Gasteiger partial charge on any atom is -0.495 e. The van der Waals surface area contributed by atoms with Crippen molar-refractivity contribution in [2.45, 2.75) is 45.1 Å². The van der Waals surface area contributed by atoms with Crippen LogP contribution in [0.4, 0.5) is 11.4 Å². The van der Waals surface area contributed by atoms with E-state index in [-0.39, 0.29) is 17.9 Å². The smallest absolute Gasteiger partial charge is 0.255 e. The number of benzene rings is 2. The zero-order valence-corrected chi connectivity index (χ0v) is 21.0. The maximum absolute atomic E-state index is 12.9. The predicted octanol–water partition coefficient (Wildman–Crippen LogP) is 4.47. The number of carbonyl (C=O) groups excluding carboxylic acids is 2. The molecule has 2 aliphatic rings. The molecule has 7 heteroatoms. The Morgan fingerprint density at radius 1 is 0.943 bits per heavy atom. The minimum absolute atomic E-state index is 0.0167. The van der Waals surface area contributed by atoms with Crippen LogP contribution in [0.25, 0.3) is 0 Å². The Kier molecular flexibility index (Phi) is 8.77. The number of piperazine rings is 1. The van der Waals surface area contributed by atoms with Crippen LogP contribution in [0.1, 0.15) is 49.4 Å². The molecule has 1 aliphatic carbocycles. The third-order valence-corrected chi connectivity index (χ3v) is 7.34. The van der Waals surface area contributed by atoms with E-state index in [1.165, 1.54) is 38.6 Å². The molecule has 0 spiro atoms. The Balaban J connectivity index is 1.24. The van der Waals surface area contributed by atoms with Crippen LogP contribution in [0, 0.1) is 5.92 Å². The fraction of sp³-hybridized carbons (Fsp3) is 0.500. The van der Waals surface area contributed by atoms with Crippen molar-refractivity contribution < 1.29 is 14.3 Å². The van der Waals surface area contributed by atoms with E-state index in [9.17, 15) is 9.59 Å². The van der Waals surface area contributed by atoms with Gasteiger partial charge in [-0.1, -0.05) is 31.4 Å². The van der Waals surface area contributed by atoms with Gasteiger partial charge in [-0.2, -0.15) is 0 Å². The molecule has 7 nitrogen and oxygen atoms in total. The Bertz CT molecular complexity index is 980. The highest BCUT2D eigenvalue weighted by Crippen LogP contribution is 2.25. The van der Waals surface area contributed by atoms with Crippen LogP contribution >= 0.6 is 0 Å². The quantitative estimate of drug-likeness (QED) is 0.586. The van der Waals surface area contributed by atoms with Gasteiger partial charge in [-0.05, 0) is 62.1 Å². The summed E-state index contributed by atoms with van der Waals surface area (Å²) in [6, 6.07) is 14.1. The zero-order chi connectivity index (χ0) is 24.6. The molecule has 4 rings (SSSR count). The number of methoxy groups -OCH3 is 1. The summed E-state index contributed by atoms with van der Waals surface area (Å²) in [6.07, 6.45) is 6.92. The lowest BCUT2D eigenvalue weighted by Crippen LogP contribution is -2.53. The molecule has 1 unspecified atom stereocenters. The van der Waals surface area contributed by atoms with Crippen molar-refractivity contribution in [3.05, 3.63) is 54.1 Å². The average Bonchev–Trinajstić information content (AvgIpc) is 2.90. The lowest BCUT2D eigenvalue weighted by atomic mass is 9.89.